The number of methoxy groups -OCH3 is 1. The fraction of sp³-hybridized carbons (Fsp3) is 0.429. The highest BCUT2D eigenvalue weighted by atomic mass is 32.1. The average Bonchev–Trinajstić information content (AvgIpc) is 2.94. The summed E-state index contributed by atoms with van der Waals surface area (Å²) >= 11 is 1.46. The fourth-order valence-electron chi connectivity index (χ4n) is 1.80. The van der Waals surface area contributed by atoms with Crippen LogP contribution in [0.1, 0.15) is 29.4 Å². The molecule has 120 valence electrons. The molecule has 1 unspecified atom stereocenters. The third-order valence-corrected chi connectivity index (χ3v) is 4.14. The van der Waals surface area contributed by atoms with Crippen LogP contribution in [0.5, 0.6) is 0 Å². The molecule has 2 aromatic rings. The molecule has 0 saturated heterocycles. The molecule has 0 radical (unpaired) electrons. The van der Waals surface area contributed by atoms with Crippen LogP contribution >= 0.6 is 11.3 Å². The van der Waals surface area contributed by atoms with E-state index in [-0.39, 0.29) is 11.9 Å². The summed E-state index contributed by atoms with van der Waals surface area (Å²) in [6.07, 6.45) is -4.55. The standard InChI is InChI=1S/C14H16F3N3OS/c1-9(21-3)13-18-10(8-22-13)7-20(2)12-6-4-5-11(19-12)14(15,16)17/h4-6,8-9H,7H2,1-3H3. The molecule has 2 rings (SSSR count). The van der Waals surface area contributed by atoms with Gasteiger partial charge in [-0.25, -0.2) is 9.97 Å². The predicted octanol–water partition coefficient (Wildman–Crippen LogP) is 3.90. The molecule has 2 aromatic heterocycles. The second-order valence-electron chi connectivity index (χ2n) is 4.79. The van der Waals surface area contributed by atoms with Gasteiger partial charge < -0.3 is 9.64 Å². The number of pyridine rings is 1. The monoisotopic (exact) mass is 331 g/mol. The zero-order valence-corrected chi connectivity index (χ0v) is 13.2. The van der Waals surface area contributed by atoms with Gasteiger partial charge in [0.2, 0.25) is 0 Å². The molecule has 0 N–H and O–H groups in total. The lowest BCUT2D eigenvalue weighted by Gasteiger charge is -2.18. The van der Waals surface area contributed by atoms with Crippen molar-refractivity contribution >= 4 is 17.2 Å². The van der Waals surface area contributed by atoms with Gasteiger partial charge in [-0.15, -0.1) is 11.3 Å². The molecule has 0 fully saturated rings. The molecule has 8 heteroatoms. The van der Waals surface area contributed by atoms with Gasteiger partial charge in [0.25, 0.3) is 0 Å². The lowest BCUT2D eigenvalue weighted by atomic mass is 10.3. The Bertz CT molecular complexity index is 630. The van der Waals surface area contributed by atoms with E-state index >= 15 is 0 Å². The van der Waals surface area contributed by atoms with Crippen molar-refractivity contribution in [2.24, 2.45) is 0 Å². The number of rotatable bonds is 5. The normalized spacial score (nSPS) is 13.2. The van der Waals surface area contributed by atoms with Crippen molar-refractivity contribution in [2.75, 3.05) is 19.1 Å². The van der Waals surface area contributed by atoms with Crippen LogP contribution in [0.3, 0.4) is 0 Å². The van der Waals surface area contributed by atoms with Gasteiger partial charge >= 0.3 is 6.18 Å². The maximum atomic E-state index is 12.7. The number of alkyl halides is 3. The average molecular weight is 331 g/mol. The SMILES string of the molecule is COC(C)c1nc(CN(C)c2cccc(C(F)(F)F)n2)cs1. The molecular formula is C14H16F3N3OS. The van der Waals surface area contributed by atoms with Gasteiger partial charge in [0.05, 0.1) is 12.2 Å². The molecular weight excluding hydrogens is 315 g/mol. The van der Waals surface area contributed by atoms with E-state index < -0.39 is 11.9 Å². The summed E-state index contributed by atoms with van der Waals surface area (Å²) in [5.74, 6) is 0.254. The molecule has 0 aromatic carbocycles. The summed E-state index contributed by atoms with van der Waals surface area (Å²) in [7, 11) is 3.28. The molecule has 0 amide bonds. The summed E-state index contributed by atoms with van der Waals surface area (Å²) < 4.78 is 43.2. The second kappa shape index (κ2) is 6.62. The highest BCUT2D eigenvalue weighted by Gasteiger charge is 2.32. The smallest absolute Gasteiger partial charge is 0.375 e. The lowest BCUT2D eigenvalue weighted by molar-refractivity contribution is -0.141. The molecule has 22 heavy (non-hydrogen) atoms. The van der Waals surface area contributed by atoms with E-state index in [1.54, 1.807) is 25.1 Å². The zero-order valence-electron chi connectivity index (χ0n) is 12.4. The van der Waals surface area contributed by atoms with Crippen molar-refractivity contribution in [2.45, 2.75) is 25.7 Å². The molecule has 0 aliphatic carbocycles. The van der Waals surface area contributed by atoms with Crippen molar-refractivity contribution in [3.8, 4) is 0 Å². The minimum atomic E-state index is -4.45. The van der Waals surface area contributed by atoms with Crippen LogP contribution in [-0.4, -0.2) is 24.1 Å². The Kier molecular flexibility index (Phi) is 5.02. The summed E-state index contributed by atoms with van der Waals surface area (Å²) in [5, 5.41) is 2.71. The number of ether oxygens (including phenoxy) is 1. The van der Waals surface area contributed by atoms with Crippen molar-refractivity contribution in [1.29, 1.82) is 0 Å². The van der Waals surface area contributed by atoms with E-state index in [0.29, 0.717) is 6.54 Å². The molecule has 1 atom stereocenters. The minimum absolute atomic E-state index is 0.101. The van der Waals surface area contributed by atoms with Crippen LogP contribution in [0, 0.1) is 0 Å². The van der Waals surface area contributed by atoms with Gasteiger partial charge in [0, 0.05) is 19.5 Å². The van der Waals surface area contributed by atoms with Crippen LogP contribution in [0.4, 0.5) is 19.0 Å². The van der Waals surface area contributed by atoms with Crippen LogP contribution in [-0.2, 0) is 17.5 Å². The fourth-order valence-corrected chi connectivity index (χ4v) is 2.64. The van der Waals surface area contributed by atoms with E-state index in [0.717, 1.165) is 16.8 Å². The summed E-state index contributed by atoms with van der Waals surface area (Å²) in [6.45, 7) is 2.27. The third-order valence-electron chi connectivity index (χ3n) is 3.09. The quantitative estimate of drug-likeness (QED) is 0.833. The Morgan fingerprint density at radius 1 is 1.32 bits per heavy atom. The van der Waals surface area contributed by atoms with E-state index in [1.165, 1.54) is 17.4 Å². The number of hydrogen-bond donors (Lipinski definition) is 0. The molecule has 2 heterocycles. The summed E-state index contributed by atoms with van der Waals surface area (Å²) in [4.78, 5) is 9.70. The maximum absolute atomic E-state index is 12.7. The first-order valence-corrected chi connectivity index (χ1v) is 7.41. The maximum Gasteiger partial charge on any atom is 0.433 e. The van der Waals surface area contributed by atoms with Crippen LogP contribution in [0.15, 0.2) is 23.6 Å². The number of aromatic nitrogens is 2. The predicted molar refractivity (Wildman–Crippen MR) is 78.9 cm³/mol. The second-order valence-corrected chi connectivity index (χ2v) is 5.68. The van der Waals surface area contributed by atoms with Crippen LogP contribution in [0.2, 0.25) is 0 Å². The van der Waals surface area contributed by atoms with E-state index in [2.05, 4.69) is 9.97 Å². The zero-order chi connectivity index (χ0) is 16.3. The van der Waals surface area contributed by atoms with E-state index in [1.807, 2.05) is 12.3 Å². The Balaban J connectivity index is 2.12. The molecule has 0 aliphatic rings. The molecule has 0 bridgehead atoms. The highest BCUT2D eigenvalue weighted by Crippen LogP contribution is 2.29. The van der Waals surface area contributed by atoms with Gasteiger partial charge in [0.15, 0.2) is 0 Å². The number of anilines is 1. The Hall–Kier alpha value is -1.67. The van der Waals surface area contributed by atoms with Crippen molar-refractivity contribution < 1.29 is 17.9 Å². The van der Waals surface area contributed by atoms with Crippen LogP contribution < -0.4 is 4.90 Å². The number of halogens is 3. The minimum Gasteiger partial charge on any atom is -0.375 e. The third kappa shape index (κ3) is 3.95. The molecule has 0 spiro atoms. The van der Waals surface area contributed by atoms with Gasteiger partial charge in [-0.05, 0) is 19.1 Å². The first-order chi connectivity index (χ1) is 10.3. The van der Waals surface area contributed by atoms with Gasteiger partial charge in [-0.2, -0.15) is 13.2 Å². The Morgan fingerprint density at radius 3 is 2.68 bits per heavy atom. The Morgan fingerprint density at radius 2 is 2.05 bits per heavy atom. The van der Waals surface area contributed by atoms with Crippen molar-refractivity contribution in [3.63, 3.8) is 0 Å². The first kappa shape index (κ1) is 16.7. The van der Waals surface area contributed by atoms with Gasteiger partial charge in [-0.1, -0.05) is 6.07 Å². The Labute approximate surface area is 130 Å². The lowest BCUT2D eigenvalue weighted by Crippen LogP contribution is -2.19. The van der Waals surface area contributed by atoms with E-state index in [4.69, 9.17) is 4.74 Å². The molecule has 0 saturated carbocycles. The van der Waals surface area contributed by atoms with Gasteiger partial charge in [-0.3, -0.25) is 0 Å². The first-order valence-electron chi connectivity index (χ1n) is 6.53. The molecule has 0 aliphatic heterocycles. The topological polar surface area (TPSA) is 38.2 Å². The van der Waals surface area contributed by atoms with E-state index in [9.17, 15) is 13.2 Å². The van der Waals surface area contributed by atoms with Crippen LogP contribution in [0.25, 0.3) is 0 Å². The highest BCUT2D eigenvalue weighted by molar-refractivity contribution is 7.09. The van der Waals surface area contributed by atoms with Crippen molar-refractivity contribution in [1.82, 2.24) is 9.97 Å². The number of thiazole rings is 1. The largest absolute Gasteiger partial charge is 0.433 e. The number of nitrogens with zero attached hydrogens (tertiary/aromatic N) is 3. The summed E-state index contributed by atoms with van der Waals surface area (Å²) in [5.41, 5.74) is -0.130. The van der Waals surface area contributed by atoms with Gasteiger partial charge in [0.1, 0.15) is 22.6 Å². The van der Waals surface area contributed by atoms with Crippen molar-refractivity contribution in [3.05, 3.63) is 40.0 Å². The molecule has 4 nitrogen and oxygen atoms in total. The number of hydrogen-bond acceptors (Lipinski definition) is 5. The summed E-state index contributed by atoms with van der Waals surface area (Å²) in [6, 6.07) is 3.85.